The molecular weight excluding hydrogens is 293 g/mol. The number of benzene rings is 1. The van der Waals surface area contributed by atoms with Crippen molar-refractivity contribution in [3.8, 4) is 0 Å². The van der Waals surface area contributed by atoms with Crippen molar-refractivity contribution in [2.45, 2.75) is 25.7 Å². The van der Waals surface area contributed by atoms with Crippen molar-refractivity contribution in [3.63, 3.8) is 0 Å². The molecule has 1 atom stereocenters. The standard InChI is InChI=1S/C15H19F3N4/c1-10-8-22(6-5-19-10)9-14-20-12-7-11(15(16,17)18)3-4-13(12)21(14)2/h3-4,7,10,19H,5-6,8-9H2,1-2H3/t10-/m0/s1. The molecule has 1 aliphatic rings. The molecule has 1 aromatic carbocycles. The monoisotopic (exact) mass is 312 g/mol. The normalized spacial score (nSPS) is 20.7. The lowest BCUT2D eigenvalue weighted by atomic mass is 10.2. The molecule has 0 saturated carbocycles. The van der Waals surface area contributed by atoms with Gasteiger partial charge < -0.3 is 9.88 Å². The van der Waals surface area contributed by atoms with Crippen LogP contribution in [0.3, 0.4) is 0 Å². The molecule has 3 rings (SSSR count). The number of imidazole rings is 1. The van der Waals surface area contributed by atoms with E-state index < -0.39 is 11.7 Å². The van der Waals surface area contributed by atoms with Crippen LogP contribution >= 0.6 is 0 Å². The van der Waals surface area contributed by atoms with Crippen LogP contribution in [0, 0.1) is 0 Å². The van der Waals surface area contributed by atoms with Crippen LogP contribution in [0.5, 0.6) is 0 Å². The van der Waals surface area contributed by atoms with E-state index in [9.17, 15) is 13.2 Å². The molecule has 1 saturated heterocycles. The van der Waals surface area contributed by atoms with Crippen molar-refractivity contribution in [1.82, 2.24) is 19.8 Å². The largest absolute Gasteiger partial charge is 0.416 e. The number of halogens is 3. The van der Waals surface area contributed by atoms with Crippen LogP contribution in [0.2, 0.25) is 0 Å². The van der Waals surface area contributed by atoms with Crippen LogP contribution < -0.4 is 5.32 Å². The van der Waals surface area contributed by atoms with Gasteiger partial charge in [0.05, 0.1) is 23.1 Å². The van der Waals surface area contributed by atoms with Gasteiger partial charge in [-0.25, -0.2) is 4.98 Å². The predicted molar refractivity (Wildman–Crippen MR) is 78.5 cm³/mol. The summed E-state index contributed by atoms with van der Waals surface area (Å²) >= 11 is 0. The third-order valence-corrected chi connectivity index (χ3v) is 4.12. The van der Waals surface area contributed by atoms with Crippen LogP contribution in [0.1, 0.15) is 18.3 Å². The van der Waals surface area contributed by atoms with Crippen molar-refractivity contribution >= 4 is 11.0 Å². The highest BCUT2D eigenvalue weighted by Crippen LogP contribution is 2.31. The summed E-state index contributed by atoms with van der Waals surface area (Å²) in [5, 5.41) is 3.37. The molecule has 7 heteroatoms. The topological polar surface area (TPSA) is 33.1 Å². The molecule has 1 aliphatic heterocycles. The summed E-state index contributed by atoms with van der Waals surface area (Å²) in [5.41, 5.74) is 0.474. The third-order valence-electron chi connectivity index (χ3n) is 4.12. The Morgan fingerprint density at radius 3 is 2.82 bits per heavy atom. The summed E-state index contributed by atoms with van der Waals surface area (Å²) in [4.78, 5) is 6.68. The second kappa shape index (κ2) is 5.55. The predicted octanol–water partition coefficient (Wildman–Crippen LogP) is 2.39. The number of hydrogen-bond acceptors (Lipinski definition) is 3. The van der Waals surface area contributed by atoms with Crippen LogP contribution in [0.4, 0.5) is 13.2 Å². The Kier molecular flexibility index (Phi) is 3.86. The number of rotatable bonds is 2. The van der Waals surface area contributed by atoms with Gasteiger partial charge in [0.15, 0.2) is 0 Å². The highest BCUT2D eigenvalue weighted by atomic mass is 19.4. The Labute approximate surface area is 126 Å². The number of piperazine rings is 1. The maximum Gasteiger partial charge on any atom is 0.416 e. The summed E-state index contributed by atoms with van der Waals surface area (Å²) in [5.74, 6) is 0.795. The minimum absolute atomic E-state index is 0.399. The Bertz CT molecular complexity index is 677. The van der Waals surface area contributed by atoms with E-state index in [4.69, 9.17) is 0 Å². The number of fused-ring (bicyclic) bond motifs is 1. The van der Waals surface area contributed by atoms with Gasteiger partial charge in [0.25, 0.3) is 0 Å². The van der Waals surface area contributed by atoms with E-state index in [2.05, 4.69) is 22.1 Å². The lowest BCUT2D eigenvalue weighted by Crippen LogP contribution is -2.48. The third kappa shape index (κ3) is 2.96. The number of nitrogens with zero attached hydrogens (tertiary/aromatic N) is 3. The van der Waals surface area contributed by atoms with E-state index in [1.54, 1.807) is 0 Å². The van der Waals surface area contributed by atoms with E-state index in [0.717, 1.165) is 43.1 Å². The first-order valence-electron chi connectivity index (χ1n) is 7.33. The Morgan fingerprint density at radius 2 is 2.14 bits per heavy atom. The van der Waals surface area contributed by atoms with Gasteiger partial charge in [0.1, 0.15) is 5.82 Å². The minimum atomic E-state index is -4.33. The number of aromatic nitrogens is 2. The first-order chi connectivity index (χ1) is 10.3. The fourth-order valence-corrected chi connectivity index (χ4v) is 2.92. The molecule has 1 fully saturated rings. The molecule has 1 aromatic heterocycles. The van der Waals surface area contributed by atoms with Gasteiger partial charge in [0, 0.05) is 32.7 Å². The van der Waals surface area contributed by atoms with Gasteiger partial charge in [-0.2, -0.15) is 13.2 Å². The Hall–Kier alpha value is -1.60. The zero-order valence-corrected chi connectivity index (χ0v) is 12.6. The van der Waals surface area contributed by atoms with Crippen molar-refractivity contribution in [2.75, 3.05) is 19.6 Å². The number of aryl methyl sites for hydroxylation is 1. The van der Waals surface area contributed by atoms with Crippen molar-refractivity contribution in [2.24, 2.45) is 7.05 Å². The van der Waals surface area contributed by atoms with Gasteiger partial charge in [-0.05, 0) is 25.1 Å². The summed E-state index contributed by atoms with van der Waals surface area (Å²) < 4.78 is 40.2. The second-order valence-electron chi connectivity index (χ2n) is 5.88. The van der Waals surface area contributed by atoms with Crippen LogP contribution in [-0.2, 0) is 19.8 Å². The minimum Gasteiger partial charge on any atom is -0.330 e. The maximum absolute atomic E-state index is 12.8. The van der Waals surface area contributed by atoms with Crippen LogP contribution in [-0.4, -0.2) is 40.1 Å². The first kappa shape index (κ1) is 15.3. The number of hydrogen-bond donors (Lipinski definition) is 1. The molecule has 2 aromatic rings. The van der Waals surface area contributed by atoms with Gasteiger partial charge in [0.2, 0.25) is 0 Å². The Balaban J connectivity index is 1.89. The van der Waals surface area contributed by atoms with E-state index in [0.29, 0.717) is 18.1 Å². The maximum atomic E-state index is 12.8. The number of alkyl halides is 3. The van der Waals surface area contributed by atoms with Crippen LogP contribution in [0.15, 0.2) is 18.2 Å². The quantitative estimate of drug-likeness (QED) is 0.924. The SMILES string of the molecule is C[C@H]1CN(Cc2nc3cc(C(F)(F)F)ccc3n2C)CCN1. The molecular formula is C15H19F3N4. The number of nitrogens with one attached hydrogen (secondary N) is 1. The summed E-state index contributed by atoms with van der Waals surface area (Å²) in [6.07, 6.45) is -4.33. The molecule has 1 N–H and O–H groups in total. The molecule has 120 valence electrons. The molecule has 0 unspecified atom stereocenters. The zero-order valence-electron chi connectivity index (χ0n) is 12.6. The summed E-state index contributed by atoms with van der Waals surface area (Å²) in [7, 11) is 1.85. The molecule has 2 heterocycles. The highest BCUT2D eigenvalue weighted by molar-refractivity contribution is 5.77. The molecule has 4 nitrogen and oxygen atoms in total. The van der Waals surface area contributed by atoms with Gasteiger partial charge >= 0.3 is 6.18 Å². The first-order valence-corrected chi connectivity index (χ1v) is 7.33. The van der Waals surface area contributed by atoms with Crippen molar-refractivity contribution < 1.29 is 13.2 Å². The average molecular weight is 312 g/mol. The fraction of sp³-hybridized carbons (Fsp3) is 0.533. The lowest BCUT2D eigenvalue weighted by molar-refractivity contribution is -0.137. The second-order valence-corrected chi connectivity index (χ2v) is 5.88. The molecule has 0 amide bonds. The van der Waals surface area contributed by atoms with Crippen LogP contribution in [0.25, 0.3) is 11.0 Å². The van der Waals surface area contributed by atoms with Gasteiger partial charge in [-0.3, -0.25) is 4.90 Å². The van der Waals surface area contributed by atoms with E-state index in [1.807, 2.05) is 11.6 Å². The van der Waals surface area contributed by atoms with Gasteiger partial charge in [-0.15, -0.1) is 0 Å². The van der Waals surface area contributed by atoms with Crippen molar-refractivity contribution in [1.29, 1.82) is 0 Å². The lowest BCUT2D eigenvalue weighted by Gasteiger charge is -2.31. The van der Waals surface area contributed by atoms with E-state index >= 15 is 0 Å². The molecule has 22 heavy (non-hydrogen) atoms. The van der Waals surface area contributed by atoms with E-state index in [-0.39, 0.29) is 0 Å². The fourth-order valence-electron chi connectivity index (χ4n) is 2.92. The molecule has 0 bridgehead atoms. The zero-order chi connectivity index (χ0) is 15.9. The van der Waals surface area contributed by atoms with Crippen molar-refractivity contribution in [3.05, 3.63) is 29.6 Å². The van der Waals surface area contributed by atoms with Gasteiger partial charge in [-0.1, -0.05) is 0 Å². The van der Waals surface area contributed by atoms with E-state index in [1.165, 1.54) is 6.07 Å². The smallest absolute Gasteiger partial charge is 0.330 e. The molecule has 0 radical (unpaired) electrons. The molecule has 0 aliphatic carbocycles. The highest BCUT2D eigenvalue weighted by Gasteiger charge is 2.31. The summed E-state index contributed by atoms with van der Waals surface area (Å²) in [6, 6.07) is 4.15. The average Bonchev–Trinajstić information content (AvgIpc) is 2.74. The Morgan fingerprint density at radius 1 is 1.36 bits per heavy atom. The summed E-state index contributed by atoms with van der Waals surface area (Å²) in [6.45, 7) is 5.52. The molecule has 0 spiro atoms.